The smallest absolute Gasteiger partial charge is 0.397 e. The van der Waals surface area contributed by atoms with Crippen molar-refractivity contribution in [3.05, 3.63) is 24.3 Å². The Morgan fingerprint density at radius 3 is 2.38 bits per heavy atom. The number of carbonyl (C=O) groups excluding carboxylic acids is 1. The highest BCUT2D eigenvalue weighted by molar-refractivity contribution is 7.80. The molecule has 186 valence electrons. The first-order chi connectivity index (χ1) is 16.2. The van der Waals surface area contributed by atoms with Crippen LogP contribution in [0.15, 0.2) is 24.3 Å². The third-order valence-corrected chi connectivity index (χ3v) is 4.80. The predicted octanol–water partition coefficient (Wildman–Crippen LogP) is 0.439. The number of amides is 1. The fourth-order valence-corrected chi connectivity index (χ4v) is 3.55. The van der Waals surface area contributed by atoms with Crippen molar-refractivity contribution in [2.45, 2.75) is 44.5 Å². The summed E-state index contributed by atoms with van der Waals surface area (Å²) in [6.45, 7) is 2.59. The van der Waals surface area contributed by atoms with Crippen LogP contribution in [0.3, 0.4) is 0 Å². The lowest BCUT2D eigenvalue weighted by molar-refractivity contribution is -0.340. The number of ether oxygens (including phenoxy) is 4. The van der Waals surface area contributed by atoms with Gasteiger partial charge in [0.05, 0.1) is 13.7 Å². The zero-order chi connectivity index (χ0) is 25.1. The number of hydrogen-bond donors (Lipinski definition) is 2. The molecule has 0 radical (unpaired) electrons. The third kappa shape index (κ3) is 8.39. The molecule has 1 heterocycles. The molecule has 0 aliphatic carbocycles. The molecule has 0 bridgehead atoms. The van der Waals surface area contributed by atoms with E-state index in [1.807, 2.05) is 0 Å². The molecule has 13 heteroatoms. The van der Waals surface area contributed by atoms with Crippen LogP contribution in [0.1, 0.15) is 13.8 Å². The summed E-state index contributed by atoms with van der Waals surface area (Å²) in [5, 5.41) is 2.56. The van der Waals surface area contributed by atoms with E-state index in [-0.39, 0.29) is 6.61 Å². The lowest BCUT2D eigenvalue weighted by atomic mass is 9.96. The van der Waals surface area contributed by atoms with E-state index >= 15 is 0 Å². The average Bonchev–Trinajstić information content (AvgIpc) is 2.77. The molecule has 0 spiro atoms. The largest absolute Gasteiger partial charge is 0.497 e. The standard InChI is InChI=1S/C21H25NO11S/c1-5-6-7-12-29-32-20-18(22-14(2)23)21(30-16-10-8-15(28-4)9-11-16)31-17(13-27-3)19(20)33-34(24,25)26/h8-11,17-21H,13H2,1-4H3,(H,22,23)(H,24,25,26)/t17?,18?,19-,20+,21+/m0/s1. The summed E-state index contributed by atoms with van der Waals surface area (Å²) < 4.78 is 59.1. The van der Waals surface area contributed by atoms with Gasteiger partial charge in [-0.3, -0.25) is 14.2 Å². The molecule has 0 aromatic heterocycles. The van der Waals surface area contributed by atoms with Crippen LogP contribution >= 0.6 is 0 Å². The Hall–Kier alpha value is -3.04. The monoisotopic (exact) mass is 499 g/mol. The lowest BCUT2D eigenvalue weighted by Gasteiger charge is -2.43. The highest BCUT2D eigenvalue weighted by Gasteiger charge is 2.52. The van der Waals surface area contributed by atoms with E-state index < -0.39 is 46.9 Å². The number of methoxy groups -OCH3 is 2. The Labute approximate surface area is 197 Å². The van der Waals surface area contributed by atoms with Gasteiger partial charge < -0.3 is 24.3 Å². The van der Waals surface area contributed by atoms with Gasteiger partial charge in [0.2, 0.25) is 12.2 Å². The molecule has 1 saturated heterocycles. The second-order valence-electron chi connectivity index (χ2n) is 6.75. The minimum Gasteiger partial charge on any atom is -0.497 e. The first kappa shape index (κ1) is 27.2. The topological polar surface area (TPSA) is 148 Å². The number of hydrogen-bond acceptors (Lipinski definition) is 10. The summed E-state index contributed by atoms with van der Waals surface area (Å²) in [5.74, 6) is 7.69. The van der Waals surface area contributed by atoms with Crippen LogP contribution < -0.4 is 14.8 Å². The molecular weight excluding hydrogens is 474 g/mol. The number of nitrogens with one attached hydrogen (secondary N) is 1. The van der Waals surface area contributed by atoms with E-state index in [2.05, 4.69) is 29.2 Å². The zero-order valence-corrected chi connectivity index (χ0v) is 19.7. The summed E-state index contributed by atoms with van der Waals surface area (Å²) in [5.41, 5.74) is 0. The van der Waals surface area contributed by atoms with E-state index in [9.17, 15) is 17.8 Å². The molecule has 5 atom stereocenters. The SMILES string of the molecule is CC#CC#COO[C@@H]1C(NC(C)=O)[C@H](Oc2ccc(OC)cc2)OC(COC)[C@@H]1OS(=O)(=O)O. The second kappa shape index (κ2) is 13.0. The second-order valence-corrected chi connectivity index (χ2v) is 7.80. The summed E-state index contributed by atoms with van der Waals surface area (Å²) in [4.78, 5) is 22.1. The van der Waals surface area contributed by atoms with Crippen LogP contribution in [-0.4, -0.2) is 70.3 Å². The van der Waals surface area contributed by atoms with Crippen molar-refractivity contribution in [2.24, 2.45) is 0 Å². The van der Waals surface area contributed by atoms with Gasteiger partial charge >= 0.3 is 10.4 Å². The van der Waals surface area contributed by atoms with Gasteiger partial charge in [-0.25, -0.2) is 4.18 Å². The van der Waals surface area contributed by atoms with Crippen LogP contribution in [0.25, 0.3) is 0 Å². The van der Waals surface area contributed by atoms with Gasteiger partial charge in [0.15, 0.2) is 12.2 Å². The molecular formula is C21H25NO11S. The van der Waals surface area contributed by atoms with Crippen molar-refractivity contribution < 1.29 is 50.7 Å². The molecule has 1 aromatic carbocycles. The number of carbonyl (C=O) groups is 1. The predicted molar refractivity (Wildman–Crippen MR) is 115 cm³/mol. The zero-order valence-electron chi connectivity index (χ0n) is 18.8. The van der Waals surface area contributed by atoms with E-state index in [0.29, 0.717) is 11.5 Å². The maximum atomic E-state index is 11.9. The highest BCUT2D eigenvalue weighted by atomic mass is 32.3. The van der Waals surface area contributed by atoms with Crippen molar-refractivity contribution in [2.75, 3.05) is 20.8 Å². The molecule has 2 N–H and O–H groups in total. The van der Waals surface area contributed by atoms with Gasteiger partial charge in [-0.1, -0.05) is 5.92 Å². The highest BCUT2D eigenvalue weighted by Crippen LogP contribution is 2.30. The Morgan fingerprint density at radius 1 is 1.15 bits per heavy atom. The van der Waals surface area contributed by atoms with Crippen LogP contribution in [0, 0.1) is 23.9 Å². The molecule has 1 aromatic rings. The quantitative estimate of drug-likeness (QED) is 0.200. The Morgan fingerprint density at radius 2 is 1.82 bits per heavy atom. The molecule has 12 nitrogen and oxygen atoms in total. The van der Waals surface area contributed by atoms with Gasteiger partial charge in [-0.05, 0) is 37.1 Å². The summed E-state index contributed by atoms with van der Waals surface area (Å²) in [6, 6.07) is 5.30. The number of rotatable bonds is 10. The third-order valence-electron chi connectivity index (χ3n) is 4.33. The van der Waals surface area contributed by atoms with Crippen molar-refractivity contribution >= 4 is 16.3 Å². The maximum Gasteiger partial charge on any atom is 0.397 e. The average molecular weight is 499 g/mol. The summed E-state index contributed by atoms with van der Waals surface area (Å²) in [7, 11) is -2.13. The minimum absolute atomic E-state index is 0.192. The van der Waals surface area contributed by atoms with Crippen LogP contribution in [0.5, 0.6) is 11.5 Å². The van der Waals surface area contributed by atoms with Crippen LogP contribution in [0.2, 0.25) is 0 Å². The Kier molecular flexibility index (Phi) is 10.4. The first-order valence-electron chi connectivity index (χ1n) is 9.80. The molecule has 0 saturated carbocycles. The molecule has 2 rings (SSSR count). The molecule has 2 unspecified atom stereocenters. The van der Waals surface area contributed by atoms with Crippen molar-refractivity contribution in [1.29, 1.82) is 0 Å². The van der Waals surface area contributed by atoms with Crippen LogP contribution in [-0.2, 0) is 38.6 Å². The van der Waals surface area contributed by atoms with Gasteiger partial charge in [-0.2, -0.15) is 13.3 Å². The lowest BCUT2D eigenvalue weighted by Crippen LogP contribution is -2.67. The van der Waals surface area contributed by atoms with E-state index in [1.165, 1.54) is 21.1 Å². The summed E-state index contributed by atoms with van der Waals surface area (Å²) >= 11 is 0. The Balaban J connectivity index is 2.43. The summed E-state index contributed by atoms with van der Waals surface area (Å²) in [6.07, 6.45) is -3.13. The normalized spacial score (nSPS) is 24.0. The fraction of sp³-hybridized carbons (Fsp3) is 0.476. The first-order valence-corrected chi connectivity index (χ1v) is 11.2. The van der Waals surface area contributed by atoms with E-state index in [1.54, 1.807) is 31.2 Å². The van der Waals surface area contributed by atoms with Crippen molar-refractivity contribution in [3.63, 3.8) is 0 Å². The van der Waals surface area contributed by atoms with E-state index in [4.69, 9.17) is 32.9 Å². The van der Waals surface area contributed by atoms with Crippen molar-refractivity contribution in [3.8, 4) is 35.4 Å². The Bertz CT molecular complexity index is 1040. The van der Waals surface area contributed by atoms with Crippen molar-refractivity contribution in [1.82, 2.24) is 5.32 Å². The molecule has 1 aliphatic rings. The molecule has 34 heavy (non-hydrogen) atoms. The van der Waals surface area contributed by atoms with Gasteiger partial charge in [0.1, 0.15) is 29.7 Å². The molecule has 1 fully saturated rings. The molecule has 1 amide bonds. The number of benzene rings is 1. The van der Waals surface area contributed by atoms with Gasteiger partial charge in [0.25, 0.3) is 0 Å². The maximum absolute atomic E-state index is 11.9. The molecule has 1 aliphatic heterocycles. The van der Waals surface area contributed by atoms with Gasteiger partial charge in [-0.15, -0.1) is 0 Å². The fourth-order valence-electron chi connectivity index (χ4n) is 3.04. The van der Waals surface area contributed by atoms with Crippen LogP contribution in [0.4, 0.5) is 0 Å². The van der Waals surface area contributed by atoms with E-state index in [0.717, 1.165) is 0 Å². The van der Waals surface area contributed by atoms with Gasteiger partial charge in [0, 0.05) is 20.0 Å². The minimum atomic E-state index is -4.98.